The van der Waals surface area contributed by atoms with Gasteiger partial charge >= 0.3 is 29.6 Å². The van der Waals surface area contributed by atoms with Crippen LogP contribution in [0.4, 0.5) is 4.79 Å². The van der Waals surface area contributed by atoms with E-state index in [4.69, 9.17) is 0 Å². The van der Waals surface area contributed by atoms with Crippen molar-refractivity contribution in [2.75, 3.05) is 6.54 Å². The van der Waals surface area contributed by atoms with E-state index in [0.29, 0.717) is 6.04 Å². The molecule has 0 N–H and O–H groups in total. The number of nitrogens with zero attached hydrogens (tertiary/aromatic N) is 1. The number of rotatable bonds is 0. The Morgan fingerprint density at radius 3 is 2.75 bits per heavy atom. The molecule has 0 radical (unpaired) electrons. The smallest absolute Gasteiger partial charge is 0.538 e. The summed E-state index contributed by atoms with van der Waals surface area (Å²) in [5.41, 5.74) is 0. The van der Waals surface area contributed by atoms with Crippen LogP contribution in [0.5, 0.6) is 0 Å². The SMILES string of the molecule is O=C([O-])S1=CCCC2CCN21.[Na+]. The van der Waals surface area contributed by atoms with Crippen LogP contribution in [-0.4, -0.2) is 27.6 Å². The van der Waals surface area contributed by atoms with Crippen LogP contribution in [0.3, 0.4) is 0 Å². The Bertz CT molecular complexity index is 231. The first-order valence-corrected chi connectivity index (χ1v) is 5.07. The van der Waals surface area contributed by atoms with E-state index in [2.05, 4.69) is 0 Å². The van der Waals surface area contributed by atoms with Crippen LogP contribution in [-0.2, 0) is 0 Å². The Kier molecular flexibility index (Phi) is 3.79. The summed E-state index contributed by atoms with van der Waals surface area (Å²) in [4.78, 5) is 10.6. The predicted octanol–water partition coefficient (Wildman–Crippen LogP) is -2.81. The average molecular weight is 195 g/mol. The summed E-state index contributed by atoms with van der Waals surface area (Å²) >= 11 is 0. The van der Waals surface area contributed by atoms with Crippen LogP contribution in [0.25, 0.3) is 0 Å². The zero-order chi connectivity index (χ0) is 7.84. The first-order chi connectivity index (χ1) is 5.29. The maximum Gasteiger partial charge on any atom is 1.00 e. The minimum absolute atomic E-state index is 0. The summed E-state index contributed by atoms with van der Waals surface area (Å²) in [6.07, 6.45) is 3.25. The second kappa shape index (κ2) is 4.24. The van der Waals surface area contributed by atoms with Gasteiger partial charge in [0.25, 0.3) is 0 Å². The van der Waals surface area contributed by atoms with Gasteiger partial charge in [-0.1, -0.05) is 10.7 Å². The van der Waals surface area contributed by atoms with Crippen molar-refractivity contribution in [3.8, 4) is 0 Å². The molecule has 2 heterocycles. The molecule has 62 valence electrons. The molecule has 2 unspecified atom stereocenters. The molecule has 0 aromatic heterocycles. The normalized spacial score (nSPS) is 33.7. The van der Waals surface area contributed by atoms with E-state index in [9.17, 15) is 9.90 Å². The van der Waals surface area contributed by atoms with Crippen molar-refractivity contribution in [2.45, 2.75) is 25.3 Å². The molecule has 0 aliphatic carbocycles. The van der Waals surface area contributed by atoms with Crippen LogP contribution in [0.1, 0.15) is 19.3 Å². The fourth-order valence-corrected chi connectivity index (χ4v) is 3.31. The molecule has 3 nitrogen and oxygen atoms in total. The molecule has 0 spiro atoms. The predicted molar refractivity (Wildman–Crippen MR) is 43.4 cm³/mol. The summed E-state index contributed by atoms with van der Waals surface area (Å²) < 4.78 is 2.04. The molecular formula is C7H10NNaO2S. The first kappa shape index (κ1) is 10.7. The Labute approximate surface area is 96.5 Å². The Morgan fingerprint density at radius 2 is 2.33 bits per heavy atom. The van der Waals surface area contributed by atoms with Crippen LogP contribution in [0, 0.1) is 0 Å². The van der Waals surface area contributed by atoms with Crippen molar-refractivity contribution in [1.29, 1.82) is 0 Å². The molecule has 1 fully saturated rings. The maximum absolute atomic E-state index is 10.6. The number of carboxylic acid groups (broad SMARTS) is 1. The largest absolute Gasteiger partial charge is 1.00 e. The number of fused-ring (bicyclic) bond motifs is 1. The van der Waals surface area contributed by atoms with Gasteiger partial charge in [-0.3, -0.25) is 0 Å². The van der Waals surface area contributed by atoms with Crippen molar-refractivity contribution in [2.24, 2.45) is 0 Å². The summed E-state index contributed by atoms with van der Waals surface area (Å²) in [6, 6.07) is 0.543. The monoisotopic (exact) mass is 195 g/mol. The van der Waals surface area contributed by atoms with Crippen LogP contribution in [0.15, 0.2) is 0 Å². The quantitative estimate of drug-likeness (QED) is 0.309. The van der Waals surface area contributed by atoms with Crippen LogP contribution in [0.2, 0.25) is 0 Å². The summed E-state index contributed by atoms with van der Waals surface area (Å²) in [7, 11) is -0.671. The topological polar surface area (TPSA) is 43.4 Å². The molecule has 2 aliphatic rings. The zero-order valence-electron chi connectivity index (χ0n) is 7.16. The molecule has 0 aromatic carbocycles. The third-order valence-corrected chi connectivity index (χ3v) is 4.17. The molecular weight excluding hydrogens is 185 g/mol. The van der Waals surface area contributed by atoms with Gasteiger partial charge in [-0.05, 0) is 24.6 Å². The molecule has 0 saturated carbocycles. The average Bonchev–Trinajstić information content (AvgIpc) is 1.90. The first-order valence-electron chi connectivity index (χ1n) is 3.83. The van der Waals surface area contributed by atoms with Gasteiger partial charge in [0.1, 0.15) is 5.30 Å². The van der Waals surface area contributed by atoms with E-state index in [0.717, 1.165) is 19.4 Å². The van der Waals surface area contributed by atoms with Gasteiger partial charge in [0, 0.05) is 12.6 Å². The Hall–Kier alpha value is 0.650. The minimum atomic E-state index is -0.908. The van der Waals surface area contributed by atoms with Crippen molar-refractivity contribution in [3.05, 3.63) is 0 Å². The van der Waals surface area contributed by atoms with Gasteiger partial charge < -0.3 is 9.90 Å². The summed E-state index contributed by atoms with van der Waals surface area (Å²) in [5, 5.41) is 11.5. The van der Waals surface area contributed by atoms with E-state index >= 15 is 0 Å². The number of carbonyl (C=O) groups excluding carboxylic acids is 1. The molecule has 5 heteroatoms. The minimum Gasteiger partial charge on any atom is -0.538 e. The molecule has 0 amide bonds. The van der Waals surface area contributed by atoms with E-state index < -0.39 is 16.0 Å². The second-order valence-electron chi connectivity index (χ2n) is 2.89. The van der Waals surface area contributed by atoms with Gasteiger partial charge in [-0.25, -0.2) is 4.31 Å². The second-order valence-corrected chi connectivity index (χ2v) is 4.66. The zero-order valence-corrected chi connectivity index (χ0v) is 9.97. The van der Waals surface area contributed by atoms with Gasteiger partial charge in [0.05, 0.1) is 0 Å². The molecule has 0 aromatic rings. The molecule has 1 saturated heterocycles. The number of hydrogen-bond acceptors (Lipinski definition) is 3. The van der Waals surface area contributed by atoms with Crippen molar-refractivity contribution >= 4 is 21.3 Å². The third-order valence-electron chi connectivity index (χ3n) is 2.29. The summed E-state index contributed by atoms with van der Waals surface area (Å²) in [5.74, 6) is 0. The Morgan fingerprint density at radius 1 is 1.58 bits per heavy atom. The fourth-order valence-electron chi connectivity index (χ4n) is 1.60. The van der Waals surface area contributed by atoms with Gasteiger partial charge in [-0.2, -0.15) is 0 Å². The van der Waals surface area contributed by atoms with Gasteiger partial charge in [0.2, 0.25) is 0 Å². The molecule has 2 aliphatic heterocycles. The van der Waals surface area contributed by atoms with E-state index in [1.807, 2.05) is 9.67 Å². The van der Waals surface area contributed by atoms with Crippen molar-refractivity contribution in [1.82, 2.24) is 4.31 Å². The molecule has 2 atom stereocenters. The van der Waals surface area contributed by atoms with Gasteiger partial charge in [0.15, 0.2) is 0 Å². The van der Waals surface area contributed by atoms with Crippen LogP contribution < -0.4 is 34.7 Å². The molecule has 2 rings (SSSR count). The standard InChI is InChI=1S/C7H11NO2S.Na/c9-7(10)11-5-1-2-6-3-4-8(6)11;/h5-6H,1-4H2,(H,9,10);/q;+1/p-1. The van der Waals surface area contributed by atoms with Crippen molar-refractivity contribution in [3.63, 3.8) is 0 Å². The van der Waals surface area contributed by atoms with Crippen LogP contribution >= 0.6 is 10.7 Å². The summed E-state index contributed by atoms with van der Waals surface area (Å²) in [6.45, 7) is 0.943. The van der Waals surface area contributed by atoms with Gasteiger partial charge in [-0.15, -0.1) is 0 Å². The third kappa shape index (κ3) is 1.77. The Balaban J connectivity index is 0.000000720. The number of carbonyl (C=O) groups is 1. The fraction of sp³-hybridized carbons (Fsp3) is 0.714. The molecule has 12 heavy (non-hydrogen) atoms. The van der Waals surface area contributed by atoms with Crippen molar-refractivity contribution < 1.29 is 39.5 Å². The maximum atomic E-state index is 10.6. The molecule has 0 bridgehead atoms. The van der Waals surface area contributed by atoms with E-state index in [1.165, 1.54) is 6.42 Å². The number of hydrogen-bond donors (Lipinski definition) is 0. The van der Waals surface area contributed by atoms with E-state index in [-0.39, 0.29) is 29.6 Å². The van der Waals surface area contributed by atoms with E-state index in [1.54, 1.807) is 0 Å².